The number of carbonyl (C=O) groups is 2. The zero-order valence-electron chi connectivity index (χ0n) is 16.5. The Bertz CT molecular complexity index is 1130. The molecule has 2 aromatic carbocycles. The lowest BCUT2D eigenvalue weighted by molar-refractivity contribution is -0.111. The minimum atomic E-state index is -0.301. The maximum absolute atomic E-state index is 12.3. The molecular weight excluding hydrogens is 368 g/mol. The molecule has 0 aliphatic carbocycles. The molecule has 1 amide bonds. The summed E-state index contributed by atoms with van der Waals surface area (Å²) in [6.07, 6.45) is 3.18. The molecule has 4 rings (SSSR count). The largest absolute Gasteiger partial charge is 0.457 e. The highest BCUT2D eigenvalue weighted by molar-refractivity contribution is 6.03. The third kappa shape index (κ3) is 3.85. The molecule has 2 N–H and O–H groups in total. The van der Waals surface area contributed by atoms with Crippen LogP contribution in [0.3, 0.4) is 0 Å². The quantitative estimate of drug-likeness (QED) is 0.512. The molecule has 148 valence electrons. The van der Waals surface area contributed by atoms with E-state index in [1.807, 2.05) is 31.3 Å². The van der Waals surface area contributed by atoms with Gasteiger partial charge in [0.2, 0.25) is 11.9 Å². The van der Waals surface area contributed by atoms with Crippen molar-refractivity contribution in [3.05, 3.63) is 59.2 Å². The minimum Gasteiger partial charge on any atom is -0.457 e. The Balaban J connectivity index is 1.46. The highest BCUT2D eigenvalue weighted by atomic mass is 16.5. The van der Waals surface area contributed by atoms with Crippen molar-refractivity contribution in [3.8, 4) is 0 Å². The standard InChI is InChI=1S/C22H22N4O3/c1-13(2)26(3)22-24-18-8-6-16(11-19(18)25-22)23-20(27)9-5-14-4-7-17-15(10-14)12-29-21(17)28/h4-11,13H,12H2,1-3H3,(H,23,27)(H,24,25)/b9-5+. The fourth-order valence-electron chi connectivity index (χ4n) is 3.10. The number of imidazole rings is 1. The van der Waals surface area contributed by atoms with Crippen LogP contribution in [0, 0.1) is 0 Å². The predicted molar refractivity (Wildman–Crippen MR) is 113 cm³/mol. The monoisotopic (exact) mass is 390 g/mol. The van der Waals surface area contributed by atoms with E-state index < -0.39 is 0 Å². The first-order valence-electron chi connectivity index (χ1n) is 9.42. The summed E-state index contributed by atoms with van der Waals surface area (Å²) in [4.78, 5) is 33.7. The van der Waals surface area contributed by atoms with Gasteiger partial charge >= 0.3 is 5.97 Å². The van der Waals surface area contributed by atoms with E-state index in [9.17, 15) is 9.59 Å². The second-order valence-corrected chi connectivity index (χ2v) is 7.31. The van der Waals surface area contributed by atoms with Gasteiger partial charge in [-0.05, 0) is 55.8 Å². The van der Waals surface area contributed by atoms with Crippen LogP contribution in [-0.2, 0) is 16.1 Å². The third-order valence-corrected chi connectivity index (χ3v) is 4.98. The number of nitrogens with one attached hydrogen (secondary N) is 2. The number of aromatic nitrogens is 2. The normalized spacial score (nSPS) is 13.2. The maximum Gasteiger partial charge on any atom is 0.338 e. The van der Waals surface area contributed by atoms with Gasteiger partial charge in [0.25, 0.3) is 0 Å². The number of carbonyl (C=O) groups excluding carboxylic acids is 2. The van der Waals surface area contributed by atoms with Crippen LogP contribution in [0.5, 0.6) is 0 Å². The van der Waals surface area contributed by atoms with Gasteiger partial charge in [0.15, 0.2) is 0 Å². The van der Waals surface area contributed by atoms with E-state index in [0.29, 0.717) is 17.3 Å². The molecular formula is C22H22N4O3. The van der Waals surface area contributed by atoms with Crippen LogP contribution in [0.15, 0.2) is 42.5 Å². The molecule has 1 aliphatic rings. The molecule has 29 heavy (non-hydrogen) atoms. The number of cyclic esters (lactones) is 1. The number of ether oxygens (including phenoxy) is 1. The van der Waals surface area contributed by atoms with Gasteiger partial charge in [0.1, 0.15) is 6.61 Å². The van der Waals surface area contributed by atoms with Gasteiger partial charge in [-0.25, -0.2) is 9.78 Å². The average Bonchev–Trinajstić information content (AvgIpc) is 3.28. The molecule has 0 unspecified atom stereocenters. The number of amides is 1. The Morgan fingerprint density at radius 2 is 2.10 bits per heavy atom. The van der Waals surface area contributed by atoms with Crippen molar-refractivity contribution in [2.75, 3.05) is 17.3 Å². The molecule has 0 bridgehead atoms. The van der Waals surface area contributed by atoms with Crippen molar-refractivity contribution in [2.45, 2.75) is 26.5 Å². The van der Waals surface area contributed by atoms with Gasteiger partial charge in [-0.1, -0.05) is 6.07 Å². The molecule has 0 saturated heterocycles. The van der Waals surface area contributed by atoms with Crippen LogP contribution in [0.25, 0.3) is 17.1 Å². The van der Waals surface area contributed by atoms with E-state index in [-0.39, 0.29) is 18.5 Å². The SMILES string of the molecule is CC(C)N(C)c1nc2ccc(NC(=O)/C=C/c3ccc4c(c3)COC4=O)cc2[nH]1. The van der Waals surface area contributed by atoms with E-state index in [2.05, 4.69) is 34.0 Å². The molecule has 0 atom stereocenters. The van der Waals surface area contributed by atoms with Gasteiger partial charge in [-0.2, -0.15) is 0 Å². The number of anilines is 2. The van der Waals surface area contributed by atoms with Gasteiger partial charge in [-0.3, -0.25) is 4.79 Å². The number of hydrogen-bond donors (Lipinski definition) is 2. The van der Waals surface area contributed by atoms with Crippen molar-refractivity contribution in [3.63, 3.8) is 0 Å². The summed E-state index contributed by atoms with van der Waals surface area (Å²) in [5.41, 5.74) is 4.64. The number of nitrogens with zero attached hydrogens (tertiary/aromatic N) is 2. The number of fused-ring (bicyclic) bond motifs is 2. The van der Waals surface area contributed by atoms with Gasteiger partial charge in [-0.15, -0.1) is 0 Å². The Morgan fingerprint density at radius 1 is 1.28 bits per heavy atom. The number of benzene rings is 2. The summed E-state index contributed by atoms with van der Waals surface area (Å²) in [5, 5.41) is 2.86. The minimum absolute atomic E-state index is 0.240. The Labute approximate surface area is 168 Å². The van der Waals surface area contributed by atoms with Crippen molar-refractivity contribution >= 4 is 40.6 Å². The molecule has 2 heterocycles. The Hall–Kier alpha value is -3.61. The summed E-state index contributed by atoms with van der Waals surface area (Å²) < 4.78 is 4.99. The maximum atomic E-state index is 12.3. The third-order valence-electron chi connectivity index (χ3n) is 4.98. The number of H-pyrrole nitrogens is 1. The van der Waals surface area contributed by atoms with E-state index in [4.69, 9.17) is 4.74 Å². The fraction of sp³-hybridized carbons (Fsp3) is 0.227. The van der Waals surface area contributed by atoms with Crippen LogP contribution >= 0.6 is 0 Å². The lowest BCUT2D eigenvalue weighted by Crippen LogP contribution is -2.26. The summed E-state index contributed by atoms with van der Waals surface area (Å²) in [6.45, 7) is 4.47. The van der Waals surface area contributed by atoms with Crippen LogP contribution in [0.1, 0.15) is 35.3 Å². The molecule has 1 aromatic heterocycles. The molecule has 7 heteroatoms. The lowest BCUT2D eigenvalue weighted by atomic mass is 10.1. The Kier molecular flexibility index (Phi) is 4.80. The van der Waals surface area contributed by atoms with Crippen molar-refractivity contribution in [2.24, 2.45) is 0 Å². The first kappa shape index (κ1) is 18.7. The summed E-state index contributed by atoms with van der Waals surface area (Å²) in [6, 6.07) is 11.3. The molecule has 0 fully saturated rings. The van der Waals surface area contributed by atoms with Crippen molar-refractivity contribution in [1.82, 2.24) is 9.97 Å². The zero-order chi connectivity index (χ0) is 20.5. The molecule has 1 aliphatic heterocycles. The van der Waals surface area contributed by atoms with Gasteiger partial charge in [0, 0.05) is 30.4 Å². The van der Waals surface area contributed by atoms with Crippen LogP contribution in [-0.4, -0.2) is 34.9 Å². The second kappa shape index (κ2) is 7.43. The molecule has 0 spiro atoms. The van der Waals surface area contributed by atoms with Crippen molar-refractivity contribution in [1.29, 1.82) is 0 Å². The number of aromatic amines is 1. The van der Waals surface area contributed by atoms with Crippen LogP contribution < -0.4 is 10.2 Å². The second-order valence-electron chi connectivity index (χ2n) is 7.31. The molecule has 0 saturated carbocycles. The summed E-state index contributed by atoms with van der Waals surface area (Å²) in [7, 11) is 1.98. The van der Waals surface area contributed by atoms with Gasteiger partial charge < -0.3 is 19.9 Å². The lowest BCUT2D eigenvalue weighted by Gasteiger charge is -2.19. The fourth-order valence-corrected chi connectivity index (χ4v) is 3.10. The highest BCUT2D eigenvalue weighted by Gasteiger charge is 2.20. The topological polar surface area (TPSA) is 87.3 Å². The summed E-state index contributed by atoms with van der Waals surface area (Å²) >= 11 is 0. The molecule has 7 nitrogen and oxygen atoms in total. The molecule has 3 aromatic rings. The van der Waals surface area contributed by atoms with Crippen LogP contribution in [0.4, 0.5) is 11.6 Å². The van der Waals surface area contributed by atoms with E-state index >= 15 is 0 Å². The first-order valence-corrected chi connectivity index (χ1v) is 9.42. The average molecular weight is 390 g/mol. The predicted octanol–water partition coefficient (Wildman–Crippen LogP) is 3.73. The molecule has 0 radical (unpaired) electrons. The highest BCUT2D eigenvalue weighted by Crippen LogP contribution is 2.23. The Morgan fingerprint density at radius 3 is 2.90 bits per heavy atom. The summed E-state index contributed by atoms with van der Waals surface area (Å²) in [5.74, 6) is 0.249. The van der Waals surface area contributed by atoms with E-state index in [1.54, 1.807) is 18.2 Å². The number of hydrogen-bond acceptors (Lipinski definition) is 5. The van der Waals surface area contributed by atoms with E-state index in [1.165, 1.54) is 6.08 Å². The van der Waals surface area contributed by atoms with Crippen molar-refractivity contribution < 1.29 is 14.3 Å². The zero-order valence-corrected chi connectivity index (χ0v) is 16.5. The first-order chi connectivity index (χ1) is 13.9. The smallest absolute Gasteiger partial charge is 0.338 e. The van der Waals surface area contributed by atoms with Gasteiger partial charge in [0.05, 0.1) is 16.6 Å². The van der Waals surface area contributed by atoms with E-state index in [0.717, 1.165) is 28.1 Å². The number of rotatable bonds is 5. The number of esters is 1. The van der Waals surface area contributed by atoms with Crippen LogP contribution in [0.2, 0.25) is 0 Å².